The van der Waals surface area contributed by atoms with E-state index in [-0.39, 0.29) is 17.0 Å². The number of nitro benzene ring substituents is 1. The summed E-state index contributed by atoms with van der Waals surface area (Å²) in [5, 5.41) is 22.0. The first-order chi connectivity index (χ1) is 15.5. The molecule has 0 unspecified atom stereocenters. The average molecular weight is 438 g/mol. The molecule has 2 aliphatic rings. The molecule has 0 radical (unpaired) electrons. The first-order valence-electron chi connectivity index (χ1n) is 10.5. The molecule has 2 saturated heterocycles. The molecular weight excluding hydrogens is 414 g/mol. The molecule has 0 spiro atoms. The number of carbonyl (C=O) groups is 2. The molecule has 2 heterocycles. The lowest BCUT2D eigenvalue weighted by atomic mass is 9.95. The SMILES string of the molecule is O=C1C(=O)N(CC[NH+]2CCOCC2)[C@@H](c2ccc([N+](=O)[O-])cc2)C1=C(O)c1ccccc1. The summed E-state index contributed by atoms with van der Waals surface area (Å²) in [6, 6.07) is 13.5. The summed E-state index contributed by atoms with van der Waals surface area (Å²) in [5.41, 5.74) is 0.860. The maximum atomic E-state index is 13.0. The Hall–Kier alpha value is -3.56. The smallest absolute Gasteiger partial charge is 0.295 e. The molecule has 2 aromatic carbocycles. The average Bonchev–Trinajstić information content (AvgIpc) is 3.08. The fourth-order valence-corrected chi connectivity index (χ4v) is 4.18. The van der Waals surface area contributed by atoms with Gasteiger partial charge in [-0.2, -0.15) is 0 Å². The van der Waals surface area contributed by atoms with Crippen LogP contribution >= 0.6 is 0 Å². The van der Waals surface area contributed by atoms with Gasteiger partial charge in [0.25, 0.3) is 17.4 Å². The van der Waals surface area contributed by atoms with Gasteiger partial charge < -0.3 is 19.6 Å². The maximum absolute atomic E-state index is 13.0. The van der Waals surface area contributed by atoms with Crippen LogP contribution in [0.3, 0.4) is 0 Å². The minimum atomic E-state index is -0.823. The van der Waals surface area contributed by atoms with Gasteiger partial charge in [-0.3, -0.25) is 19.7 Å². The molecule has 32 heavy (non-hydrogen) atoms. The first-order valence-corrected chi connectivity index (χ1v) is 10.5. The number of Topliss-reactive ketones (excluding diaryl/α,β-unsaturated/α-hetero) is 1. The summed E-state index contributed by atoms with van der Waals surface area (Å²) in [5.74, 6) is -1.70. The van der Waals surface area contributed by atoms with Gasteiger partial charge in [0.1, 0.15) is 18.8 Å². The van der Waals surface area contributed by atoms with Gasteiger partial charge in [0.15, 0.2) is 0 Å². The minimum Gasteiger partial charge on any atom is -0.507 e. The standard InChI is InChI=1S/C23H23N3O6/c27-21(17-4-2-1-3-5-17)19-20(16-6-8-18(9-7-16)26(30)31)25(23(29)22(19)28)11-10-24-12-14-32-15-13-24/h1-9,20,27H,10-15H2/p+1/t20-/m0/s1. The number of benzene rings is 2. The van der Waals surface area contributed by atoms with E-state index in [0.29, 0.717) is 37.4 Å². The summed E-state index contributed by atoms with van der Waals surface area (Å²) >= 11 is 0. The third-order valence-corrected chi connectivity index (χ3v) is 5.91. The molecule has 2 N–H and O–H groups in total. The highest BCUT2D eigenvalue weighted by Crippen LogP contribution is 2.39. The molecule has 2 fully saturated rings. The van der Waals surface area contributed by atoms with Gasteiger partial charge in [-0.1, -0.05) is 30.3 Å². The van der Waals surface area contributed by atoms with E-state index in [1.54, 1.807) is 30.3 Å². The number of quaternary nitrogens is 1. The van der Waals surface area contributed by atoms with Gasteiger partial charge in [-0.15, -0.1) is 0 Å². The third-order valence-electron chi connectivity index (χ3n) is 5.91. The van der Waals surface area contributed by atoms with Gasteiger partial charge in [-0.05, 0) is 17.7 Å². The quantitative estimate of drug-likeness (QED) is 0.228. The van der Waals surface area contributed by atoms with Crippen LogP contribution in [0.5, 0.6) is 0 Å². The topological polar surface area (TPSA) is 114 Å². The summed E-state index contributed by atoms with van der Waals surface area (Å²) in [6.07, 6.45) is 0. The van der Waals surface area contributed by atoms with Gasteiger partial charge in [0.05, 0.1) is 42.8 Å². The van der Waals surface area contributed by atoms with Crippen molar-refractivity contribution in [2.75, 3.05) is 39.4 Å². The molecule has 2 aromatic rings. The number of hydrogen-bond donors (Lipinski definition) is 2. The Bertz CT molecular complexity index is 1050. The Morgan fingerprint density at radius 3 is 2.38 bits per heavy atom. The van der Waals surface area contributed by atoms with E-state index in [4.69, 9.17) is 4.74 Å². The summed E-state index contributed by atoms with van der Waals surface area (Å²) in [6.45, 7) is 3.87. The molecular formula is C23H24N3O6+. The number of aliphatic hydroxyl groups is 1. The second kappa shape index (κ2) is 9.29. The lowest BCUT2D eigenvalue weighted by Gasteiger charge is -2.29. The Balaban J connectivity index is 1.73. The van der Waals surface area contributed by atoms with Crippen molar-refractivity contribution in [3.05, 3.63) is 81.4 Å². The molecule has 1 atom stereocenters. The normalized spacial score (nSPS) is 21.1. The fraction of sp³-hybridized carbons (Fsp3) is 0.304. The monoisotopic (exact) mass is 438 g/mol. The maximum Gasteiger partial charge on any atom is 0.295 e. The van der Waals surface area contributed by atoms with Crippen LogP contribution in [0, 0.1) is 10.1 Å². The summed E-state index contributed by atoms with van der Waals surface area (Å²) in [4.78, 5) is 39.2. The number of aliphatic hydroxyl groups excluding tert-OH is 1. The number of nitrogens with zero attached hydrogens (tertiary/aromatic N) is 2. The predicted octanol–water partition coefficient (Wildman–Crippen LogP) is 0.932. The van der Waals surface area contributed by atoms with Crippen LogP contribution < -0.4 is 4.90 Å². The zero-order valence-corrected chi connectivity index (χ0v) is 17.4. The molecule has 166 valence electrons. The van der Waals surface area contributed by atoms with Crippen molar-refractivity contribution < 1.29 is 29.3 Å². The van der Waals surface area contributed by atoms with Crippen molar-refractivity contribution in [1.82, 2.24) is 4.90 Å². The van der Waals surface area contributed by atoms with E-state index in [1.807, 2.05) is 0 Å². The van der Waals surface area contributed by atoms with E-state index in [9.17, 15) is 24.8 Å². The molecule has 9 nitrogen and oxygen atoms in total. The highest BCUT2D eigenvalue weighted by Gasteiger charge is 2.46. The zero-order chi connectivity index (χ0) is 22.7. The van der Waals surface area contributed by atoms with Crippen LogP contribution in [-0.4, -0.2) is 66.0 Å². The molecule has 0 aliphatic carbocycles. The molecule has 0 saturated carbocycles. The first kappa shape index (κ1) is 21.7. The molecule has 4 rings (SSSR count). The fourth-order valence-electron chi connectivity index (χ4n) is 4.18. The summed E-state index contributed by atoms with van der Waals surface area (Å²) < 4.78 is 5.38. The molecule has 0 aromatic heterocycles. The third kappa shape index (κ3) is 4.25. The van der Waals surface area contributed by atoms with Crippen LogP contribution in [-0.2, 0) is 14.3 Å². The van der Waals surface area contributed by atoms with Crippen molar-refractivity contribution in [2.24, 2.45) is 0 Å². The highest BCUT2D eigenvalue weighted by atomic mass is 16.6. The van der Waals surface area contributed by atoms with Gasteiger partial charge in [0.2, 0.25) is 0 Å². The van der Waals surface area contributed by atoms with Crippen LogP contribution in [0.15, 0.2) is 60.2 Å². The Kier molecular flexibility index (Phi) is 6.29. The van der Waals surface area contributed by atoms with E-state index in [0.717, 1.165) is 13.1 Å². The number of nitro groups is 1. The van der Waals surface area contributed by atoms with Crippen LogP contribution in [0.2, 0.25) is 0 Å². The Morgan fingerprint density at radius 1 is 1.09 bits per heavy atom. The van der Waals surface area contributed by atoms with Crippen molar-refractivity contribution in [3.63, 3.8) is 0 Å². The van der Waals surface area contributed by atoms with Crippen LogP contribution in [0.1, 0.15) is 17.2 Å². The Morgan fingerprint density at radius 2 is 1.75 bits per heavy atom. The van der Waals surface area contributed by atoms with E-state index < -0.39 is 22.7 Å². The summed E-state index contributed by atoms with van der Waals surface area (Å²) in [7, 11) is 0. The second-order valence-electron chi connectivity index (χ2n) is 7.82. The molecule has 0 bridgehead atoms. The predicted molar refractivity (Wildman–Crippen MR) is 115 cm³/mol. The molecule has 2 aliphatic heterocycles. The van der Waals surface area contributed by atoms with Crippen molar-refractivity contribution in [2.45, 2.75) is 6.04 Å². The number of non-ortho nitro benzene ring substituents is 1. The lowest BCUT2D eigenvalue weighted by Crippen LogP contribution is -3.14. The number of likely N-dealkylation sites (tertiary alicyclic amines) is 1. The highest BCUT2D eigenvalue weighted by molar-refractivity contribution is 6.46. The van der Waals surface area contributed by atoms with Crippen molar-refractivity contribution in [3.8, 4) is 0 Å². The van der Waals surface area contributed by atoms with Crippen molar-refractivity contribution in [1.29, 1.82) is 0 Å². The number of morpholine rings is 1. The lowest BCUT2D eigenvalue weighted by molar-refractivity contribution is -0.907. The zero-order valence-electron chi connectivity index (χ0n) is 17.4. The number of ketones is 1. The van der Waals surface area contributed by atoms with E-state index >= 15 is 0 Å². The minimum absolute atomic E-state index is 0.00738. The van der Waals surface area contributed by atoms with Gasteiger partial charge >= 0.3 is 0 Å². The number of amides is 1. The van der Waals surface area contributed by atoms with E-state index in [2.05, 4.69) is 0 Å². The Labute approximate surface area is 184 Å². The van der Waals surface area contributed by atoms with E-state index in [1.165, 1.54) is 34.1 Å². The van der Waals surface area contributed by atoms with Gasteiger partial charge in [-0.25, -0.2) is 0 Å². The number of ether oxygens (including phenoxy) is 1. The number of nitrogens with one attached hydrogen (secondary N) is 1. The van der Waals surface area contributed by atoms with Crippen LogP contribution in [0.25, 0.3) is 5.76 Å². The second-order valence-corrected chi connectivity index (χ2v) is 7.82. The molecule has 9 heteroatoms. The number of rotatable bonds is 6. The number of carbonyl (C=O) groups excluding carboxylic acids is 2. The van der Waals surface area contributed by atoms with Crippen LogP contribution in [0.4, 0.5) is 5.69 Å². The van der Waals surface area contributed by atoms with Crippen molar-refractivity contribution >= 4 is 23.1 Å². The van der Waals surface area contributed by atoms with Gasteiger partial charge in [0, 0.05) is 17.7 Å². The largest absolute Gasteiger partial charge is 0.507 e. The number of hydrogen-bond acceptors (Lipinski definition) is 6. The molecule has 1 amide bonds.